The van der Waals surface area contributed by atoms with E-state index in [0.717, 1.165) is 6.42 Å². The van der Waals surface area contributed by atoms with Gasteiger partial charge in [-0.1, -0.05) is 0 Å². The van der Waals surface area contributed by atoms with E-state index in [-0.39, 0.29) is 18.4 Å². The fraction of sp³-hybridized carbons (Fsp3) is 0.364. The molecule has 1 aliphatic rings. The van der Waals surface area contributed by atoms with Crippen molar-refractivity contribution in [1.29, 1.82) is 0 Å². The van der Waals surface area contributed by atoms with Gasteiger partial charge < -0.3 is 16.0 Å². The van der Waals surface area contributed by atoms with Crippen molar-refractivity contribution < 1.29 is 9.59 Å². The summed E-state index contributed by atoms with van der Waals surface area (Å²) in [4.78, 5) is 28.4. The van der Waals surface area contributed by atoms with E-state index in [2.05, 4.69) is 10.3 Å². The number of amides is 2. The zero-order valence-corrected chi connectivity index (χ0v) is 9.35. The maximum atomic E-state index is 11.6. The Kier molecular flexibility index (Phi) is 3.22. The van der Waals surface area contributed by atoms with E-state index >= 15 is 0 Å². The number of carbonyl (C=O) groups excluding carboxylic acids is 2. The summed E-state index contributed by atoms with van der Waals surface area (Å²) >= 11 is 0. The summed E-state index contributed by atoms with van der Waals surface area (Å²) in [7, 11) is 0. The van der Waals surface area contributed by atoms with Gasteiger partial charge in [0, 0.05) is 13.0 Å². The predicted octanol–water partition coefficient (Wildman–Crippen LogP) is 0.225. The van der Waals surface area contributed by atoms with Crippen LogP contribution in [0.1, 0.15) is 12.8 Å². The number of nitrogens with one attached hydrogen (secondary N) is 1. The van der Waals surface area contributed by atoms with Crippen LogP contribution in [0.15, 0.2) is 18.3 Å². The van der Waals surface area contributed by atoms with Crippen molar-refractivity contribution in [2.45, 2.75) is 12.8 Å². The van der Waals surface area contributed by atoms with Gasteiger partial charge in [0.1, 0.15) is 5.82 Å². The van der Waals surface area contributed by atoms with Gasteiger partial charge in [0.15, 0.2) is 0 Å². The molecular weight excluding hydrogens is 220 g/mol. The van der Waals surface area contributed by atoms with Crippen molar-refractivity contribution in [3.63, 3.8) is 0 Å². The van der Waals surface area contributed by atoms with Crippen molar-refractivity contribution in [3.8, 4) is 0 Å². The Morgan fingerprint density at radius 3 is 2.94 bits per heavy atom. The van der Waals surface area contributed by atoms with E-state index < -0.39 is 0 Å². The van der Waals surface area contributed by atoms with Crippen LogP contribution in [0.4, 0.5) is 11.5 Å². The number of nitrogen functional groups attached to an aromatic ring is 1. The Balaban J connectivity index is 1.88. The molecule has 1 aromatic heterocycles. The van der Waals surface area contributed by atoms with E-state index in [9.17, 15) is 9.59 Å². The maximum Gasteiger partial charge on any atom is 0.244 e. The fourth-order valence-electron chi connectivity index (χ4n) is 1.72. The van der Waals surface area contributed by atoms with Gasteiger partial charge in [-0.25, -0.2) is 4.98 Å². The number of nitrogens with two attached hydrogens (primary N) is 1. The molecule has 2 heterocycles. The molecule has 6 nitrogen and oxygen atoms in total. The molecule has 90 valence electrons. The first-order valence-electron chi connectivity index (χ1n) is 5.44. The third-order valence-electron chi connectivity index (χ3n) is 2.58. The molecule has 0 aromatic carbocycles. The monoisotopic (exact) mass is 234 g/mol. The number of rotatable bonds is 3. The highest BCUT2D eigenvalue weighted by molar-refractivity contribution is 5.94. The first-order valence-corrected chi connectivity index (χ1v) is 5.44. The summed E-state index contributed by atoms with van der Waals surface area (Å²) in [5.74, 6) is 0.222. The lowest BCUT2D eigenvalue weighted by Gasteiger charge is -2.14. The van der Waals surface area contributed by atoms with Gasteiger partial charge in [-0.2, -0.15) is 0 Å². The second-order valence-corrected chi connectivity index (χ2v) is 3.94. The van der Waals surface area contributed by atoms with E-state index in [1.165, 1.54) is 6.20 Å². The van der Waals surface area contributed by atoms with Crippen molar-refractivity contribution >= 4 is 23.3 Å². The highest BCUT2D eigenvalue weighted by Gasteiger charge is 2.22. The van der Waals surface area contributed by atoms with Crippen LogP contribution in [-0.4, -0.2) is 34.8 Å². The first kappa shape index (κ1) is 11.4. The largest absolute Gasteiger partial charge is 0.384 e. The highest BCUT2D eigenvalue weighted by Crippen LogP contribution is 2.10. The van der Waals surface area contributed by atoms with Gasteiger partial charge in [0.2, 0.25) is 11.8 Å². The Hall–Kier alpha value is -2.11. The number of anilines is 2. The van der Waals surface area contributed by atoms with Crippen molar-refractivity contribution in [2.24, 2.45) is 0 Å². The minimum atomic E-state index is -0.216. The van der Waals surface area contributed by atoms with Gasteiger partial charge in [-0.05, 0) is 18.6 Å². The molecule has 1 fully saturated rings. The Morgan fingerprint density at radius 2 is 2.35 bits per heavy atom. The summed E-state index contributed by atoms with van der Waals surface area (Å²) in [6, 6.07) is 3.28. The molecule has 0 unspecified atom stereocenters. The van der Waals surface area contributed by atoms with E-state index in [1.54, 1.807) is 17.0 Å². The molecule has 1 aromatic rings. The lowest BCUT2D eigenvalue weighted by molar-refractivity contribution is -0.131. The third-order valence-corrected chi connectivity index (χ3v) is 2.58. The van der Waals surface area contributed by atoms with Crippen LogP contribution in [0.3, 0.4) is 0 Å². The molecule has 0 bridgehead atoms. The zero-order chi connectivity index (χ0) is 12.3. The average molecular weight is 234 g/mol. The number of pyridine rings is 1. The summed E-state index contributed by atoms with van der Waals surface area (Å²) in [5, 5.41) is 2.67. The molecule has 17 heavy (non-hydrogen) atoms. The summed E-state index contributed by atoms with van der Waals surface area (Å²) in [6.45, 7) is 0.759. The van der Waals surface area contributed by atoms with Gasteiger partial charge in [-0.15, -0.1) is 0 Å². The molecule has 3 N–H and O–H groups in total. The molecule has 1 aliphatic heterocycles. The zero-order valence-electron chi connectivity index (χ0n) is 9.35. The van der Waals surface area contributed by atoms with E-state index in [4.69, 9.17) is 5.73 Å². The predicted molar refractivity (Wildman–Crippen MR) is 63.1 cm³/mol. The summed E-state index contributed by atoms with van der Waals surface area (Å²) in [6.07, 6.45) is 2.85. The molecule has 0 saturated carbocycles. The number of aromatic nitrogens is 1. The van der Waals surface area contributed by atoms with Crippen LogP contribution in [0.5, 0.6) is 0 Å². The van der Waals surface area contributed by atoms with E-state index in [0.29, 0.717) is 24.5 Å². The van der Waals surface area contributed by atoms with Gasteiger partial charge in [0.25, 0.3) is 0 Å². The van der Waals surface area contributed by atoms with Crippen LogP contribution in [0, 0.1) is 0 Å². The van der Waals surface area contributed by atoms with Gasteiger partial charge in [-0.3, -0.25) is 9.59 Å². The number of nitrogens with zero attached hydrogens (tertiary/aromatic N) is 2. The molecule has 0 atom stereocenters. The maximum absolute atomic E-state index is 11.6. The molecule has 0 aliphatic carbocycles. The Labute approximate surface area is 98.8 Å². The van der Waals surface area contributed by atoms with Crippen LogP contribution in [0.2, 0.25) is 0 Å². The first-order chi connectivity index (χ1) is 8.15. The van der Waals surface area contributed by atoms with E-state index in [1.807, 2.05) is 0 Å². The summed E-state index contributed by atoms with van der Waals surface area (Å²) in [5.41, 5.74) is 6.01. The Morgan fingerprint density at radius 1 is 1.53 bits per heavy atom. The lowest BCUT2D eigenvalue weighted by Crippen LogP contribution is -2.33. The normalized spacial score (nSPS) is 15.1. The third kappa shape index (κ3) is 2.93. The molecule has 1 saturated heterocycles. The van der Waals surface area contributed by atoms with Crippen molar-refractivity contribution in [1.82, 2.24) is 9.88 Å². The standard InChI is InChI=1S/C11H14N4O2/c12-9-4-3-8(6-13-9)14-10(16)7-15-5-1-2-11(15)17/h3-4,6H,1-2,5,7H2,(H2,12,13)(H,14,16). The molecular formula is C11H14N4O2. The number of hydrogen-bond acceptors (Lipinski definition) is 4. The SMILES string of the molecule is Nc1ccc(NC(=O)CN2CCCC2=O)cn1. The van der Waals surface area contributed by atoms with Crippen LogP contribution >= 0.6 is 0 Å². The topological polar surface area (TPSA) is 88.3 Å². The van der Waals surface area contributed by atoms with Crippen LogP contribution in [-0.2, 0) is 9.59 Å². The molecule has 6 heteroatoms. The second kappa shape index (κ2) is 4.82. The number of hydrogen-bond donors (Lipinski definition) is 2. The van der Waals surface area contributed by atoms with Crippen LogP contribution < -0.4 is 11.1 Å². The molecule has 2 amide bonds. The number of carbonyl (C=O) groups is 2. The van der Waals surface area contributed by atoms with Crippen LogP contribution in [0.25, 0.3) is 0 Å². The average Bonchev–Trinajstić information content (AvgIpc) is 2.68. The quantitative estimate of drug-likeness (QED) is 0.783. The highest BCUT2D eigenvalue weighted by atomic mass is 16.2. The summed E-state index contributed by atoms with van der Waals surface area (Å²) < 4.78 is 0. The second-order valence-electron chi connectivity index (χ2n) is 3.94. The van der Waals surface area contributed by atoms with Gasteiger partial charge in [0.05, 0.1) is 18.4 Å². The van der Waals surface area contributed by atoms with Crippen molar-refractivity contribution in [2.75, 3.05) is 24.1 Å². The smallest absolute Gasteiger partial charge is 0.244 e. The minimum absolute atomic E-state index is 0.0376. The molecule has 0 radical (unpaired) electrons. The fourth-order valence-corrected chi connectivity index (χ4v) is 1.72. The lowest BCUT2D eigenvalue weighted by atomic mass is 10.4. The van der Waals surface area contributed by atoms with Gasteiger partial charge >= 0.3 is 0 Å². The Bertz CT molecular complexity index is 430. The molecule has 2 rings (SSSR count). The number of likely N-dealkylation sites (tertiary alicyclic amines) is 1. The van der Waals surface area contributed by atoms with Crippen molar-refractivity contribution in [3.05, 3.63) is 18.3 Å². The minimum Gasteiger partial charge on any atom is -0.384 e. The molecule has 0 spiro atoms.